The monoisotopic (exact) mass is 318 g/mol. The Hall–Kier alpha value is -0.470. The van der Waals surface area contributed by atoms with Crippen molar-refractivity contribution in [2.75, 3.05) is 13.6 Å². The summed E-state index contributed by atoms with van der Waals surface area (Å²) in [4.78, 5) is 3.01. The van der Waals surface area contributed by atoms with E-state index in [9.17, 15) is 13.5 Å². The van der Waals surface area contributed by atoms with Crippen LogP contribution >= 0.6 is 11.3 Å². The quantitative estimate of drug-likeness (QED) is 0.878. The molecule has 2 rings (SSSR count). The minimum Gasteiger partial charge on any atom is -0.391 e. The molecule has 0 amide bonds. The summed E-state index contributed by atoms with van der Waals surface area (Å²) in [7, 11) is -1.49. The second-order valence-corrected chi connectivity index (χ2v) is 8.12. The lowest BCUT2D eigenvalue weighted by Gasteiger charge is -2.35. The fourth-order valence-corrected chi connectivity index (χ4v) is 5.58. The summed E-state index contributed by atoms with van der Waals surface area (Å²) in [6.45, 7) is 4.53. The molecule has 1 aliphatic rings. The fraction of sp³-hybridized carbons (Fsp3) is 0.692. The van der Waals surface area contributed by atoms with Crippen molar-refractivity contribution in [3.8, 4) is 0 Å². The van der Waals surface area contributed by atoms with Crippen molar-refractivity contribution in [1.29, 1.82) is 0 Å². The van der Waals surface area contributed by atoms with Gasteiger partial charge in [-0.25, -0.2) is 13.1 Å². The van der Waals surface area contributed by atoms with E-state index in [2.05, 4.69) is 23.6 Å². The zero-order valence-corrected chi connectivity index (χ0v) is 13.7. The van der Waals surface area contributed by atoms with Crippen LogP contribution in [0.25, 0.3) is 0 Å². The van der Waals surface area contributed by atoms with Crippen molar-refractivity contribution >= 4 is 21.4 Å². The first-order valence-electron chi connectivity index (χ1n) is 6.75. The maximum Gasteiger partial charge on any atom is 0.242 e. The highest BCUT2D eigenvalue weighted by atomic mass is 32.2. The number of nitrogens with one attached hydrogen (secondary N) is 1. The molecule has 7 heteroatoms. The Labute approximate surface area is 124 Å². The van der Waals surface area contributed by atoms with E-state index in [1.165, 1.54) is 11.3 Å². The summed E-state index contributed by atoms with van der Waals surface area (Å²) in [6, 6.07) is 0.342. The number of nitrogens with zero attached hydrogens (tertiary/aromatic N) is 1. The minimum absolute atomic E-state index is 0.0305. The van der Waals surface area contributed by atoms with Gasteiger partial charge in [0.15, 0.2) is 0 Å². The Morgan fingerprint density at radius 1 is 1.55 bits per heavy atom. The molecule has 0 bridgehead atoms. The van der Waals surface area contributed by atoms with E-state index in [0.717, 1.165) is 19.4 Å². The van der Waals surface area contributed by atoms with Gasteiger partial charge in [-0.1, -0.05) is 0 Å². The van der Waals surface area contributed by atoms with Crippen LogP contribution in [0.4, 0.5) is 0 Å². The number of hydrogen-bond acceptors (Lipinski definition) is 5. The number of piperidine rings is 1. The molecule has 20 heavy (non-hydrogen) atoms. The Morgan fingerprint density at radius 2 is 2.25 bits per heavy atom. The lowest BCUT2D eigenvalue weighted by Crippen LogP contribution is -2.47. The number of likely N-dealkylation sites (tertiary alicyclic amines) is 1. The van der Waals surface area contributed by atoms with Gasteiger partial charge in [-0.2, -0.15) is 0 Å². The molecular weight excluding hydrogens is 296 g/mol. The highest BCUT2D eigenvalue weighted by molar-refractivity contribution is 7.89. The van der Waals surface area contributed by atoms with Crippen LogP contribution in [0.3, 0.4) is 0 Å². The van der Waals surface area contributed by atoms with E-state index in [1.807, 2.05) is 0 Å². The molecule has 1 aliphatic heterocycles. The molecule has 0 aliphatic carbocycles. The first-order valence-corrected chi connectivity index (χ1v) is 9.12. The molecular formula is C13H22N2O3S2. The van der Waals surface area contributed by atoms with Crippen molar-refractivity contribution in [3.63, 3.8) is 0 Å². The summed E-state index contributed by atoms with van der Waals surface area (Å²) < 4.78 is 27.8. The predicted octanol–water partition coefficient (Wildman–Crippen LogP) is 1.31. The summed E-state index contributed by atoms with van der Waals surface area (Å²) in [5, 5.41) is 11.1. The SMILES string of the molecule is Cc1csc(CO)c1S(=O)(=O)NC1CCN(C)C(C)C1. The number of sulfonamides is 1. The smallest absolute Gasteiger partial charge is 0.242 e. The van der Waals surface area contributed by atoms with Crippen LogP contribution in [0.1, 0.15) is 30.2 Å². The van der Waals surface area contributed by atoms with Crippen LogP contribution in [0.5, 0.6) is 0 Å². The van der Waals surface area contributed by atoms with Crippen LogP contribution in [0.15, 0.2) is 10.3 Å². The van der Waals surface area contributed by atoms with Crippen molar-refractivity contribution in [2.45, 2.75) is 50.3 Å². The highest BCUT2D eigenvalue weighted by Gasteiger charge is 2.29. The lowest BCUT2D eigenvalue weighted by atomic mass is 10.0. The van der Waals surface area contributed by atoms with E-state index < -0.39 is 10.0 Å². The zero-order valence-electron chi connectivity index (χ0n) is 12.1. The second-order valence-electron chi connectivity index (χ2n) is 5.50. The fourth-order valence-electron chi connectivity index (χ4n) is 2.63. The zero-order chi connectivity index (χ0) is 14.9. The van der Waals surface area contributed by atoms with E-state index in [1.54, 1.807) is 12.3 Å². The first kappa shape index (κ1) is 15.9. The van der Waals surface area contributed by atoms with E-state index >= 15 is 0 Å². The number of aryl methyl sites for hydroxylation is 1. The molecule has 0 aromatic carbocycles. The summed E-state index contributed by atoms with van der Waals surface area (Å²) in [5.41, 5.74) is 0.701. The maximum atomic E-state index is 12.5. The van der Waals surface area contributed by atoms with Crippen molar-refractivity contribution in [3.05, 3.63) is 15.8 Å². The number of thiophene rings is 1. The molecule has 2 unspecified atom stereocenters. The van der Waals surface area contributed by atoms with Gasteiger partial charge in [0.2, 0.25) is 10.0 Å². The Morgan fingerprint density at radius 3 is 2.85 bits per heavy atom. The van der Waals surface area contributed by atoms with Gasteiger partial charge in [0.25, 0.3) is 0 Å². The molecule has 2 atom stereocenters. The number of aliphatic hydroxyl groups excluding tert-OH is 1. The average Bonchev–Trinajstić information content (AvgIpc) is 2.75. The number of aliphatic hydroxyl groups is 1. The van der Waals surface area contributed by atoms with Gasteiger partial charge in [0, 0.05) is 12.1 Å². The topological polar surface area (TPSA) is 69.6 Å². The van der Waals surface area contributed by atoms with E-state index in [0.29, 0.717) is 16.5 Å². The third-order valence-electron chi connectivity index (χ3n) is 3.93. The van der Waals surface area contributed by atoms with Gasteiger partial charge in [-0.05, 0) is 51.2 Å². The Bertz CT molecular complexity index is 568. The molecule has 2 heterocycles. The molecule has 114 valence electrons. The van der Waals surface area contributed by atoms with Gasteiger partial charge < -0.3 is 10.0 Å². The number of rotatable bonds is 4. The molecule has 0 saturated carbocycles. The number of hydrogen-bond donors (Lipinski definition) is 2. The Balaban J connectivity index is 2.17. The van der Waals surface area contributed by atoms with Gasteiger partial charge in [-0.3, -0.25) is 0 Å². The summed E-state index contributed by atoms with van der Waals surface area (Å²) in [5.74, 6) is 0. The van der Waals surface area contributed by atoms with Crippen LogP contribution in [0, 0.1) is 6.92 Å². The highest BCUT2D eigenvalue weighted by Crippen LogP contribution is 2.28. The molecule has 1 aromatic heterocycles. The molecule has 1 saturated heterocycles. The second kappa shape index (κ2) is 6.11. The lowest BCUT2D eigenvalue weighted by molar-refractivity contribution is 0.178. The normalized spacial score (nSPS) is 25.0. The molecule has 0 radical (unpaired) electrons. The van der Waals surface area contributed by atoms with Crippen LogP contribution in [-0.4, -0.2) is 44.1 Å². The Kier molecular flexibility index (Phi) is 4.86. The van der Waals surface area contributed by atoms with Gasteiger partial charge in [-0.15, -0.1) is 11.3 Å². The third kappa shape index (κ3) is 3.23. The van der Waals surface area contributed by atoms with Crippen molar-refractivity contribution < 1.29 is 13.5 Å². The maximum absolute atomic E-state index is 12.5. The van der Waals surface area contributed by atoms with Gasteiger partial charge >= 0.3 is 0 Å². The molecule has 1 fully saturated rings. The van der Waals surface area contributed by atoms with Crippen molar-refractivity contribution in [2.24, 2.45) is 0 Å². The standard InChI is InChI=1S/C13H22N2O3S2/c1-9-8-19-12(7-16)13(9)20(17,18)14-11-4-5-15(3)10(2)6-11/h8,10-11,14,16H,4-7H2,1-3H3. The summed E-state index contributed by atoms with van der Waals surface area (Å²) in [6.07, 6.45) is 1.63. The summed E-state index contributed by atoms with van der Waals surface area (Å²) >= 11 is 1.29. The predicted molar refractivity (Wildman–Crippen MR) is 80.4 cm³/mol. The van der Waals surface area contributed by atoms with Crippen LogP contribution in [-0.2, 0) is 16.6 Å². The third-order valence-corrected chi connectivity index (χ3v) is 6.90. The minimum atomic E-state index is -3.55. The molecule has 0 spiro atoms. The van der Waals surface area contributed by atoms with Crippen LogP contribution < -0.4 is 4.72 Å². The van der Waals surface area contributed by atoms with Crippen molar-refractivity contribution in [1.82, 2.24) is 9.62 Å². The van der Waals surface area contributed by atoms with E-state index in [-0.39, 0.29) is 17.5 Å². The molecule has 2 N–H and O–H groups in total. The largest absolute Gasteiger partial charge is 0.391 e. The van der Waals surface area contributed by atoms with Gasteiger partial charge in [0.1, 0.15) is 4.90 Å². The molecule has 5 nitrogen and oxygen atoms in total. The van der Waals surface area contributed by atoms with Gasteiger partial charge in [0.05, 0.1) is 11.5 Å². The molecule has 1 aromatic rings. The average molecular weight is 318 g/mol. The first-order chi connectivity index (χ1) is 9.35. The van der Waals surface area contributed by atoms with Crippen LogP contribution in [0.2, 0.25) is 0 Å². The van der Waals surface area contributed by atoms with E-state index in [4.69, 9.17) is 0 Å².